The van der Waals surface area contributed by atoms with Crippen molar-refractivity contribution in [2.75, 3.05) is 39.6 Å². The number of unbranched alkanes of at least 4 members (excludes halogenated alkanes) is 19. The van der Waals surface area contributed by atoms with Gasteiger partial charge in [-0.15, -0.1) is 0 Å². The van der Waals surface area contributed by atoms with Crippen LogP contribution < -0.4 is 0 Å². The summed E-state index contributed by atoms with van der Waals surface area (Å²) < 4.78 is 53.0. The molecule has 0 aromatic carbocycles. The topological polar surface area (TPSA) is 225 Å². The van der Waals surface area contributed by atoms with Crippen LogP contribution in [-0.4, -0.2) is 95.0 Å². The summed E-state index contributed by atoms with van der Waals surface area (Å²) in [5, 5.41) is 30.0. The normalized spacial score (nSPS) is 15.7. The van der Waals surface area contributed by atoms with E-state index in [0.717, 1.165) is 44.9 Å². The summed E-state index contributed by atoms with van der Waals surface area (Å²) >= 11 is 0. The van der Waals surface area contributed by atoms with E-state index in [4.69, 9.17) is 9.47 Å². The van der Waals surface area contributed by atoms with Crippen molar-refractivity contribution in [3.63, 3.8) is 0 Å². The molecule has 382 valence electrons. The summed E-state index contributed by atoms with van der Waals surface area (Å²) in [5.74, 6) is -1.04. The van der Waals surface area contributed by atoms with E-state index in [0.29, 0.717) is 12.8 Å². The molecule has 0 rings (SSSR count). The van der Waals surface area contributed by atoms with E-state index >= 15 is 0 Å². The lowest BCUT2D eigenvalue weighted by Crippen LogP contribution is -2.25. The van der Waals surface area contributed by atoms with Crippen molar-refractivity contribution in [3.05, 3.63) is 72.9 Å². The van der Waals surface area contributed by atoms with Gasteiger partial charge in [-0.05, 0) is 32.1 Å². The number of aliphatic hydroxyl groups excluding tert-OH is 3. The molecule has 0 bridgehead atoms. The Balaban J connectivity index is 3.93. The first-order chi connectivity index (χ1) is 31.8. The number of hydrogen-bond donors (Lipinski definition) is 5. The molecule has 0 aliphatic carbocycles. The molecule has 5 unspecified atom stereocenters. The predicted molar refractivity (Wildman–Crippen MR) is 260 cm³/mol. The fourth-order valence-electron chi connectivity index (χ4n) is 6.07. The third-order valence-electron chi connectivity index (χ3n) is 9.84. The number of esters is 2. The minimum absolute atomic E-state index is 0.142. The van der Waals surface area contributed by atoms with Crippen LogP contribution in [0.25, 0.3) is 0 Å². The Morgan fingerprint density at radius 1 is 0.409 bits per heavy atom. The fourth-order valence-corrected chi connectivity index (χ4v) is 7.66. The van der Waals surface area contributed by atoms with Crippen LogP contribution in [0.4, 0.5) is 0 Å². The summed E-state index contributed by atoms with van der Waals surface area (Å²) in [6.07, 6.45) is 44.6. The number of allylic oxidation sites excluding steroid dienone is 12. The minimum Gasteiger partial charge on any atom is -0.463 e. The van der Waals surface area contributed by atoms with Crippen LogP contribution in [0.5, 0.6) is 0 Å². The Hall–Kier alpha value is -2.52. The molecule has 5 atom stereocenters. The first-order valence-electron chi connectivity index (χ1n) is 24.4. The molecule has 0 heterocycles. The van der Waals surface area contributed by atoms with Crippen molar-refractivity contribution in [2.24, 2.45) is 0 Å². The molecular formula is C49H86O15P2. The molecule has 5 N–H and O–H groups in total. The lowest BCUT2D eigenvalue weighted by atomic mass is 10.0. The average Bonchev–Trinajstić information content (AvgIpc) is 3.29. The maximum atomic E-state index is 12.2. The van der Waals surface area contributed by atoms with Crippen molar-refractivity contribution in [3.8, 4) is 0 Å². The van der Waals surface area contributed by atoms with Crippen LogP contribution >= 0.6 is 15.6 Å². The van der Waals surface area contributed by atoms with Crippen LogP contribution in [0, 0.1) is 0 Å². The third kappa shape index (κ3) is 46.6. The lowest BCUT2D eigenvalue weighted by molar-refractivity contribution is -0.148. The molecule has 0 aromatic rings. The summed E-state index contributed by atoms with van der Waals surface area (Å²) in [6, 6.07) is 0. The zero-order valence-electron chi connectivity index (χ0n) is 40.1. The maximum absolute atomic E-state index is 12.2. The standard InChI is InChI=1S/C49H86O15P2/c1-3-5-7-9-11-13-15-17-19-21-23-25-27-29-31-33-35-37-48(53)59-39-45(50)41-61-65(55,56)63-43-47(52)44-64-66(57,58)62-42-46(51)40-60-49(54)38-36-34-32-30-28-26-24-22-20-18-16-14-12-10-8-6-4-2/h5,7,9,11,13,15,17,19,21,23,25,27,45-47,50-52H,3-4,6,8,10,12,14,16,18,20,22,24,26,28-44H2,1-2H3,(H,55,56)(H,57,58)/b7-5-,11-9+,15-13+,19-17-,23-21+,27-25+. The number of aliphatic hydroxyl groups is 3. The third-order valence-corrected chi connectivity index (χ3v) is 11.7. The first-order valence-corrected chi connectivity index (χ1v) is 27.4. The number of hydrogen-bond acceptors (Lipinski definition) is 13. The van der Waals surface area contributed by atoms with Crippen LogP contribution in [0.3, 0.4) is 0 Å². The van der Waals surface area contributed by atoms with E-state index in [1.807, 2.05) is 66.8 Å². The summed E-state index contributed by atoms with van der Waals surface area (Å²) in [6.45, 7) is 0.223. The molecule has 0 aromatic heterocycles. The predicted octanol–water partition coefficient (Wildman–Crippen LogP) is 11.2. The van der Waals surface area contributed by atoms with Gasteiger partial charge in [-0.1, -0.05) is 196 Å². The number of carbonyl (C=O) groups is 2. The van der Waals surface area contributed by atoms with Gasteiger partial charge in [0, 0.05) is 12.8 Å². The number of rotatable bonds is 46. The van der Waals surface area contributed by atoms with E-state index in [9.17, 15) is 43.8 Å². The molecule has 0 amide bonds. The molecular weight excluding hydrogens is 890 g/mol. The van der Waals surface area contributed by atoms with E-state index in [1.165, 1.54) is 83.5 Å². The summed E-state index contributed by atoms with van der Waals surface area (Å²) in [4.78, 5) is 43.8. The van der Waals surface area contributed by atoms with Crippen LogP contribution in [0.15, 0.2) is 72.9 Å². The van der Waals surface area contributed by atoms with Crippen LogP contribution in [0.2, 0.25) is 0 Å². The second kappa shape index (κ2) is 45.0. The number of phosphoric acid groups is 2. The highest BCUT2D eigenvalue weighted by Gasteiger charge is 2.28. The van der Waals surface area contributed by atoms with E-state index in [2.05, 4.69) is 38.0 Å². The van der Waals surface area contributed by atoms with E-state index in [1.54, 1.807) is 0 Å². The number of ether oxygens (including phenoxy) is 2. The Bertz CT molecular complexity index is 1460. The monoisotopic (exact) mass is 977 g/mol. The molecule has 0 fully saturated rings. The second-order valence-corrected chi connectivity index (χ2v) is 19.2. The summed E-state index contributed by atoms with van der Waals surface area (Å²) in [5.41, 5.74) is 0. The van der Waals surface area contributed by atoms with Gasteiger partial charge >= 0.3 is 27.6 Å². The Morgan fingerprint density at radius 3 is 1.05 bits per heavy atom. The zero-order chi connectivity index (χ0) is 48.8. The van der Waals surface area contributed by atoms with Crippen LogP contribution in [-0.2, 0) is 46.3 Å². The molecule has 0 aliphatic heterocycles. The van der Waals surface area contributed by atoms with Crippen molar-refractivity contribution in [2.45, 2.75) is 186 Å². The van der Waals surface area contributed by atoms with Crippen LogP contribution in [0.1, 0.15) is 168 Å². The van der Waals surface area contributed by atoms with E-state index < -0.39 is 85.5 Å². The fraction of sp³-hybridized carbons (Fsp3) is 0.714. The largest absolute Gasteiger partial charge is 0.472 e. The molecule has 0 radical (unpaired) electrons. The molecule has 0 saturated heterocycles. The Labute approximate surface area is 396 Å². The van der Waals surface area contributed by atoms with E-state index in [-0.39, 0.29) is 12.8 Å². The van der Waals surface area contributed by atoms with Crippen molar-refractivity contribution in [1.29, 1.82) is 0 Å². The quantitative estimate of drug-likeness (QED) is 0.0166. The smallest absolute Gasteiger partial charge is 0.463 e. The molecule has 15 nitrogen and oxygen atoms in total. The first kappa shape index (κ1) is 63.5. The lowest BCUT2D eigenvalue weighted by Gasteiger charge is -2.19. The van der Waals surface area contributed by atoms with Crippen molar-refractivity contribution in [1.82, 2.24) is 0 Å². The van der Waals surface area contributed by atoms with Gasteiger partial charge in [0.15, 0.2) is 0 Å². The van der Waals surface area contributed by atoms with Gasteiger partial charge < -0.3 is 34.6 Å². The molecule has 66 heavy (non-hydrogen) atoms. The second-order valence-electron chi connectivity index (χ2n) is 16.3. The average molecular weight is 977 g/mol. The Morgan fingerprint density at radius 2 is 0.697 bits per heavy atom. The SMILES string of the molecule is CC\C=C/C=C/C=C/C=C\C=C\C=C\CCCCCC(=O)OCC(O)COP(=O)(O)OCC(O)COP(=O)(O)OCC(O)COC(=O)CCCCCCCCCCCCCCCCCCC. The van der Waals surface area contributed by atoms with Gasteiger partial charge in [0.05, 0.1) is 26.4 Å². The van der Waals surface area contributed by atoms with Gasteiger partial charge in [0.25, 0.3) is 0 Å². The molecule has 0 spiro atoms. The number of phosphoric ester groups is 2. The molecule has 17 heteroatoms. The van der Waals surface area contributed by atoms with Crippen molar-refractivity contribution >= 4 is 27.6 Å². The highest BCUT2D eigenvalue weighted by Crippen LogP contribution is 2.45. The van der Waals surface area contributed by atoms with Gasteiger partial charge in [-0.25, -0.2) is 9.13 Å². The van der Waals surface area contributed by atoms with Gasteiger partial charge in [-0.3, -0.25) is 27.7 Å². The zero-order valence-corrected chi connectivity index (χ0v) is 41.9. The van der Waals surface area contributed by atoms with Gasteiger partial charge in [0.2, 0.25) is 0 Å². The number of carbonyl (C=O) groups excluding carboxylic acids is 2. The highest BCUT2D eigenvalue weighted by molar-refractivity contribution is 7.47. The highest BCUT2D eigenvalue weighted by atomic mass is 31.2. The van der Waals surface area contributed by atoms with Gasteiger partial charge in [0.1, 0.15) is 31.5 Å². The summed E-state index contributed by atoms with van der Waals surface area (Å²) in [7, 11) is -9.59. The van der Waals surface area contributed by atoms with Gasteiger partial charge in [-0.2, -0.15) is 0 Å². The maximum Gasteiger partial charge on any atom is 0.472 e. The molecule has 0 aliphatic rings. The minimum atomic E-state index is -4.80. The Kier molecular flexibility index (Phi) is 43.2. The molecule has 0 saturated carbocycles. The van der Waals surface area contributed by atoms with Crippen molar-refractivity contribution < 1.29 is 71.4 Å².